The van der Waals surface area contributed by atoms with Gasteiger partial charge in [0.1, 0.15) is 5.82 Å². The predicted molar refractivity (Wildman–Crippen MR) is 46.5 cm³/mol. The van der Waals surface area contributed by atoms with Gasteiger partial charge < -0.3 is 4.98 Å². The summed E-state index contributed by atoms with van der Waals surface area (Å²) in [5.74, 6) is 1.00. The van der Waals surface area contributed by atoms with Crippen LogP contribution >= 0.6 is 0 Å². The Kier molecular flexibility index (Phi) is 2.03. The van der Waals surface area contributed by atoms with Gasteiger partial charge in [0, 0.05) is 11.9 Å². The molecule has 1 aromatic heterocycles. The van der Waals surface area contributed by atoms with Crippen molar-refractivity contribution in [1.82, 2.24) is 9.97 Å². The predicted octanol–water partition coefficient (Wildman–Crippen LogP) is 2.31. The molecular formula is C9H16N2. The lowest BCUT2D eigenvalue weighted by atomic mass is 9.91. The van der Waals surface area contributed by atoms with E-state index in [2.05, 4.69) is 30.7 Å². The molecule has 1 heterocycles. The lowest BCUT2D eigenvalue weighted by Crippen LogP contribution is -2.09. The fourth-order valence-electron chi connectivity index (χ4n) is 1.13. The summed E-state index contributed by atoms with van der Waals surface area (Å²) in [6, 6.07) is 0. The summed E-state index contributed by atoms with van der Waals surface area (Å²) in [5, 5.41) is 0. The molecule has 0 atom stereocenters. The summed E-state index contributed by atoms with van der Waals surface area (Å²) < 4.78 is 0. The average Bonchev–Trinajstić information content (AvgIpc) is 2.10. The number of hydrogen-bond donors (Lipinski definition) is 1. The van der Waals surface area contributed by atoms with E-state index in [-0.39, 0.29) is 0 Å². The molecule has 0 saturated carbocycles. The van der Waals surface area contributed by atoms with E-state index in [9.17, 15) is 0 Å². The standard InChI is InChI=1S/C9H16N2/c1-7-10-6-8(11-7)5-9(2,3)4/h6H,5H2,1-4H3,(H,10,11). The van der Waals surface area contributed by atoms with Gasteiger partial charge in [-0.25, -0.2) is 4.98 Å². The van der Waals surface area contributed by atoms with E-state index >= 15 is 0 Å². The first-order valence-corrected chi connectivity index (χ1v) is 3.98. The molecular weight excluding hydrogens is 136 g/mol. The van der Waals surface area contributed by atoms with E-state index < -0.39 is 0 Å². The maximum atomic E-state index is 4.15. The molecule has 0 aliphatic rings. The SMILES string of the molecule is Cc1ncc(CC(C)(C)C)[nH]1. The molecule has 0 fully saturated rings. The summed E-state index contributed by atoms with van der Waals surface area (Å²) >= 11 is 0. The van der Waals surface area contributed by atoms with Gasteiger partial charge in [-0.2, -0.15) is 0 Å². The lowest BCUT2D eigenvalue weighted by molar-refractivity contribution is 0.407. The van der Waals surface area contributed by atoms with Crippen LogP contribution < -0.4 is 0 Å². The van der Waals surface area contributed by atoms with Crippen LogP contribution in [-0.2, 0) is 6.42 Å². The minimum absolute atomic E-state index is 0.346. The molecule has 0 aliphatic heterocycles. The van der Waals surface area contributed by atoms with Crippen molar-refractivity contribution in [2.24, 2.45) is 5.41 Å². The monoisotopic (exact) mass is 152 g/mol. The molecule has 0 spiro atoms. The third-order valence-corrected chi connectivity index (χ3v) is 1.48. The fraction of sp³-hybridized carbons (Fsp3) is 0.667. The van der Waals surface area contributed by atoms with Crippen LogP contribution in [0.4, 0.5) is 0 Å². The van der Waals surface area contributed by atoms with Crippen molar-refractivity contribution in [3.63, 3.8) is 0 Å². The number of rotatable bonds is 1. The van der Waals surface area contributed by atoms with Crippen molar-refractivity contribution in [2.45, 2.75) is 34.1 Å². The molecule has 0 unspecified atom stereocenters. The average molecular weight is 152 g/mol. The largest absolute Gasteiger partial charge is 0.346 e. The van der Waals surface area contributed by atoms with E-state index in [4.69, 9.17) is 0 Å². The topological polar surface area (TPSA) is 28.7 Å². The molecule has 0 bridgehead atoms. The maximum Gasteiger partial charge on any atom is 0.103 e. The van der Waals surface area contributed by atoms with Gasteiger partial charge in [0.15, 0.2) is 0 Å². The first kappa shape index (κ1) is 8.31. The summed E-state index contributed by atoms with van der Waals surface area (Å²) in [6.45, 7) is 8.65. The first-order valence-electron chi connectivity index (χ1n) is 3.98. The highest BCUT2D eigenvalue weighted by atomic mass is 14.9. The Morgan fingerprint density at radius 1 is 1.45 bits per heavy atom. The fourth-order valence-corrected chi connectivity index (χ4v) is 1.13. The Balaban J connectivity index is 2.65. The van der Waals surface area contributed by atoms with Crippen LogP contribution in [0.2, 0.25) is 0 Å². The number of hydrogen-bond acceptors (Lipinski definition) is 1. The second-order valence-electron chi connectivity index (χ2n) is 4.23. The highest BCUT2D eigenvalue weighted by Gasteiger charge is 2.11. The van der Waals surface area contributed by atoms with Crippen LogP contribution in [0.15, 0.2) is 6.20 Å². The normalized spacial score (nSPS) is 12.0. The van der Waals surface area contributed by atoms with E-state index in [0.717, 1.165) is 12.2 Å². The zero-order valence-corrected chi connectivity index (χ0v) is 7.73. The van der Waals surface area contributed by atoms with Crippen LogP contribution in [-0.4, -0.2) is 9.97 Å². The number of aryl methyl sites for hydroxylation is 1. The lowest BCUT2D eigenvalue weighted by Gasteiger charge is -2.15. The van der Waals surface area contributed by atoms with Crippen LogP contribution in [0.3, 0.4) is 0 Å². The molecule has 1 rings (SSSR count). The minimum Gasteiger partial charge on any atom is -0.346 e. The van der Waals surface area contributed by atoms with Gasteiger partial charge in [0.25, 0.3) is 0 Å². The van der Waals surface area contributed by atoms with Crippen molar-refractivity contribution < 1.29 is 0 Å². The molecule has 2 nitrogen and oxygen atoms in total. The van der Waals surface area contributed by atoms with Gasteiger partial charge in [0.05, 0.1) is 0 Å². The Morgan fingerprint density at radius 2 is 2.09 bits per heavy atom. The van der Waals surface area contributed by atoms with Gasteiger partial charge in [-0.1, -0.05) is 20.8 Å². The molecule has 1 aromatic rings. The summed E-state index contributed by atoms with van der Waals surface area (Å²) in [4.78, 5) is 7.37. The van der Waals surface area contributed by atoms with Crippen molar-refractivity contribution in [2.75, 3.05) is 0 Å². The molecule has 2 heteroatoms. The number of imidazole rings is 1. The maximum absolute atomic E-state index is 4.15. The van der Waals surface area contributed by atoms with E-state index in [1.807, 2.05) is 13.1 Å². The summed E-state index contributed by atoms with van der Waals surface area (Å²) in [7, 11) is 0. The molecule has 0 radical (unpaired) electrons. The third-order valence-electron chi connectivity index (χ3n) is 1.48. The van der Waals surface area contributed by atoms with Gasteiger partial charge in [-0.3, -0.25) is 0 Å². The van der Waals surface area contributed by atoms with E-state index in [1.165, 1.54) is 5.69 Å². The van der Waals surface area contributed by atoms with E-state index in [0.29, 0.717) is 5.41 Å². The summed E-state index contributed by atoms with van der Waals surface area (Å²) in [5.41, 5.74) is 1.58. The smallest absolute Gasteiger partial charge is 0.103 e. The zero-order chi connectivity index (χ0) is 8.48. The zero-order valence-electron chi connectivity index (χ0n) is 7.73. The van der Waals surface area contributed by atoms with Crippen LogP contribution in [0.5, 0.6) is 0 Å². The minimum atomic E-state index is 0.346. The Bertz CT molecular complexity index is 230. The molecule has 0 amide bonds. The van der Waals surface area contributed by atoms with Crippen LogP contribution in [0, 0.1) is 12.3 Å². The first-order chi connectivity index (χ1) is 4.97. The van der Waals surface area contributed by atoms with Gasteiger partial charge >= 0.3 is 0 Å². The van der Waals surface area contributed by atoms with Crippen LogP contribution in [0.25, 0.3) is 0 Å². The number of nitrogens with zero attached hydrogens (tertiary/aromatic N) is 1. The third kappa shape index (κ3) is 2.74. The molecule has 62 valence electrons. The number of H-pyrrole nitrogens is 1. The Labute approximate surface area is 68.0 Å². The van der Waals surface area contributed by atoms with Crippen molar-refractivity contribution in [3.05, 3.63) is 17.7 Å². The second-order valence-corrected chi connectivity index (χ2v) is 4.23. The van der Waals surface area contributed by atoms with Crippen LogP contribution in [0.1, 0.15) is 32.3 Å². The molecule has 0 saturated heterocycles. The van der Waals surface area contributed by atoms with Crippen molar-refractivity contribution >= 4 is 0 Å². The van der Waals surface area contributed by atoms with Gasteiger partial charge in [0.2, 0.25) is 0 Å². The van der Waals surface area contributed by atoms with Crippen molar-refractivity contribution in [1.29, 1.82) is 0 Å². The Hall–Kier alpha value is -0.790. The number of aromatic amines is 1. The number of nitrogens with one attached hydrogen (secondary N) is 1. The highest BCUT2D eigenvalue weighted by molar-refractivity contribution is 5.01. The number of aromatic nitrogens is 2. The van der Waals surface area contributed by atoms with Crippen molar-refractivity contribution in [3.8, 4) is 0 Å². The molecule has 11 heavy (non-hydrogen) atoms. The van der Waals surface area contributed by atoms with Gasteiger partial charge in [-0.05, 0) is 18.8 Å². The Morgan fingerprint density at radius 3 is 2.45 bits per heavy atom. The van der Waals surface area contributed by atoms with Gasteiger partial charge in [-0.15, -0.1) is 0 Å². The molecule has 0 aromatic carbocycles. The summed E-state index contributed by atoms with van der Waals surface area (Å²) in [6.07, 6.45) is 2.98. The second kappa shape index (κ2) is 2.68. The highest BCUT2D eigenvalue weighted by Crippen LogP contribution is 2.18. The molecule has 1 N–H and O–H groups in total. The quantitative estimate of drug-likeness (QED) is 0.657. The molecule has 0 aliphatic carbocycles. The van der Waals surface area contributed by atoms with E-state index in [1.54, 1.807) is 0 Å².